The Kier molecular flexibility index (Phi) is 4.69. The van der Waals surface area contributed by atoms with Crippen LogP contribution in [0.1, 0.15) is 0 Å². The van der Waals surface area contributed by atoms with Crippen molar-refractivity contribution in [1.82, 2.24) is 4.90 Å². The number of aliphatic hydroxyl groups is 1. The molecule has 2 atom stereocenters. The maximum atomic E-state index is 11.3. The first kappa shape index (κ1) is 13.9. The van der Waals surface area contributed by atoms with Crippen LogP contribution in [0.4, 0.5) is 0 Å². The molecule has 7 heteroatoms. The van der Waals surface area contributed by atoms with Crippen molar-refractivity contribution in [3.8, 4) is 0 Å². The number of rotatable bonds is 5. The average molecular weight is 253 g/mol. The van der Waals surface area contributed by atoms with Crippen molar-refractivity contribution in [2.75, 3.05) is 39.3 Å². The zero-order valence-corrected chi connectivity index (χ0v) is 10.6. The topological polar surface area (TPSA) is 76.1 Å². The molecule has 1 aliphatic heterocycles. The Hall–Kier alpha value is -0.210. The van der Waals surface area contributed by atoms with Gasteiger partial charge in [-0.15, -0.1) is 0 Å². The maximum absolute atomic E-state index is 11.3. The van der Waals surface area contributed by atoms with Crippen molar-refractivity contribution in [1.29, 1.82) is 0 Å². The second-order valence-corrected chi connectivity index (χ2v) is 6.21. The van der Waals surface area contributed by atoms with Gasteiger partial charge in [-0.3, -0.25) is 4.90 Å². The second kappa shape index (κ2) is 5.42. The van der Waals surface area contributed by atoms with Crippen molar-refractivity contribution >= 4 is 9.84 Å². The highest BCUT2D eigenvalue weighted by atomic mass is 32.2. The number of hydrogen-bond donors (Lipinski definition) is 1. The zero-order chi connectivity index (χ0) is 12.3. The summed E-state index contributed by atoms with van der Waals surface area (Å²) in [5.41, 5.74) is 0. The van der Waals surface area contributed by atoms with Crippen molar-refractivity contribution in [3.63, 3.8) is 0 Å². The van der Waals surface area contributed by atoms with Crippen LogP contribution in [0.3, 0.4) is 0 Å². The minimum atomic E-state index is -3.11. The summed E-state index contributed by atoms with van der Waals surface area (Å²) in [4.78, 5) is 1.76. The molecule has 0 bridgehead atoms. The van der Waals surface area contributed by atoms with Gasteiger partial charge in [-0.2, -0.15) is 0 Å². The van der Waals surface area contributed by atoms with Gasteiger partial charge in [0, 0.05) is 20.8 Å². The van der Waals surface area contributed by atoms with E-state index in [4.69, 9.17) is 9.47 Å². The molecule has 1 aliphatic rings. The molecule has 1 N–H and O–H groups in total. The molecule has 16 heavy (non-hydrogen) atoms. The Bertz CT molecular complexity index is 314. The van der Waals surface area contributed by atoms with E-state index in [1.165, 1.54) is 14.2 Å². The number of aliphatic hydroxyl groups excluding tert-OH is 1. The third-order valence-electron chi connectivity index (χ3n) is 2.82. The lowest BCUT2D eigenvalue weighted by Gasteiger charge is -2.28. The van der Waals surface area contributed by atoms with Crippen LogP contribution in [-0.4, -0.2) is 76.2 Å². The van der Waals surface area contributed by atoms with Gasteiger partial charge in [-0.25, -0.2) is 8.42 Å². The first-order valence-corrected chi connectivity index (χ1v) is 6.86. The summed E-state index contributed by atoms with van der Waals surface area (Å²) >= 11 is 0. The summed E-state index contributed by atoms with van der Waals surface area (Å²) in [7, 11) is 1.67. The molecular weight excluding hydrogens is 234 g/mol. The zero-order valence-electron chi connectivity index (χ0n) is 9.79. The Balaban J connectivity index is 2.58. The van der Waals surface area contributed by atoms with Gasteiger partial charge in [0.05, 0.1) is 23.7 Å². The summed E-state index contributed by atoms with van der Waals surface area (Å²) in [6, 6.07) is -0.377. The molecule has 1 saturated heterocycles. The monoisotopic (exact) mass is 253 g/mol. The molecule has 0 aliphatic carbocycles. The van der Waals surface area contributed by atoms with Gasteiger partial charge in [-0.1, -0.05) is 0 Å². The lowest BCUT2D eigenvalue weighted by molar-refractivity contribution is -0.119. The van der Waals surface area contributed by atoms with Gasteiger partial charge in [0.15, 0.2) is 16.1 Å². The highest BCUT2D eigenvalue weighted by Gasteiger charge is 2.39. The van der Waals surface area contributed by atoms with Crippen LogP contribution in [0.2, 0.25) is 0 Å². The van der Waals surface area contributed by atoms with E-state index in [1.807, 2.05) is 0 Å². The maximum Gasteiger partial charge on any atom is 0.169 e. The van der Waals surface area contributed by atoms with E-state index in [0.717, 1.165) is 0 Å². The van der Waals surface area contributed by atoms with E-state index in [2.05, 4.69) is 0 Å². The normalized spacial score (nSPS) is 29.1. The standard InChI is InChI=1S/C9H19NO5S/c1-10(4-9(14-2)15-3)7-5-16(12,13)6-8(7)11/h7-9,11H,4-6H2,1-3H3/t7-,8-/m1/s1. The lowest BCUT2D eigenvalue weighted by Crippen LogP contribution is -2.44. The van der Waals surface area contributed by atoms with Gasteiger partial charge in [0.25, 0.3) is 0 Å². The molecule has 0 amide bonds. The van der Waals surface area contributed by atoms with E-state index in [9.17, 15) is 13.5 Å². The molecular formula is C9H19NO5S. The fourth-order valence-electron chi connectivity index (χ4n) is 1.85. The van der Waals surface area contributed by atoms with Gasteiger partial charge >= 0.3 is 0 Å². The van der Waals surface area contributed by atoms with Gasteiger partial charge in [0.2, 0.25) is 0 Å². The molecule has 96 valence electrons. The molecule has 1 fully saturated rings. The third kappa shape index (κ3) is 3.39. The van der Waals surface area contributed by atoms with Crippen molar-refractivity contribution in [3.05, 3.63) is 0 Å². The first-order chi connectivity index (χ1) is 7.39. The van der Waals surface area contributed by atoms with E-state index in [1.54, 1.807) is 11.9 Å². The highest BCUT2D eigenvalue weighted by molar-refractivity contribution is 7.91. The minimum absolute atomic E-state index is 0.00911. The van der Waals surface area contributed by atoms with Crippen molar-refractivity contribution < 1.29 is 23.0 Å². The highest BCUT2D eigenvalue weighted by Crippen LogP contribution is 2.17. The molecule has 0 aromatic rings. The quantitative estimate of drug-likeness (QED) is 0.613. The SMILES string of the molecule is COC(CN(C)[C@@H]1CS(=O)(=O)C[C@H]1O)OC. The van der Waals surface area contributed by atoms with E-state index in [-0.39, 0.29) is 17.5 Å². The fourth-order valence-corrected chi connectivity index (χ4v) is 3.72. The number of ether oxygens (including phenoxy) is 2. The van der Waals surface area contributed by atoms with Crippen molar-refractivity contribution in [2.24, 2.45) is 0 Å². The molecule has 6 nitrogen and oxygen atoms in total. The van der Waals surface area contributed by atoms with Crippen LogP contribution in [0.5, 0.6) is 0 Å². The van der Waals surface area contributed by atoms with Crippen LogP contribution in [0.25, 0.3) is 0 Å². The van der Waals surface area contributed by atoms with Gasteiger partial charge in [0.1, 0.15) is 0 Å². The lowest BCUT2D eigenvalue weighted by atomic mass is 10.2. The smallest absolute Gasteiger partial charge is 0.169 e. The molecule has 0 unspecified atom stereocenters. The molecule has 0 aromatic carbocycles. The average Bonchev–Trinajstić information content (AvgIpc) is 2.48. The molecule has 0 aromatic heterocycles. The van der Waals surface area contributed by atoms with Crippen molar-refractivity contribution in [2.45, 2.75) is 18.4 Å². The van der Waals surface area contributed by atoms with Crippen LogP contribution in [0, 0.1) is 0 Å². The Morgan fingerprint density at radius 3 is 2.31 bits per heavy atom. The predicted octanol–water partition coefficient (Wildman–Crippen LogP) is -1.30. The number of methoxy groups -OCH3 is 2. The van der Waals surface area contributed by atoms with E-state index >= 15 is 0 Å². The minimum Gasteiger partial charge on any atom is -0.390 e. The summed E-state index contributed by atoms with van der Waals surface area (Å²) in [5, 5.41) is 9.65. The molecule has 0 radical (unpaired) electrons. The Labute approximate surface area is 96.1 Å². The molecule has 0 spiro atoms. The molecule has 1 heterocycles. The summed E-state index contributed by atoms with van der Waals surface area (Å²) < 4.78 is 32.7. The van der Waals surface area contributed by atoms with Crippen LogP contribution in [-0.2, 0) is 19.3 Å². The van der Waals surface area contributed by atoms with E-state index in [0.29, 0.717) is 6.54 Å². The van der Waals surface area contributed by atoms with Gasteiger partial charge < -0.3 is 14.6 Å². The summed E-state index contributed by atoms with van der Waals surface area (Å²) in [6.45, 7) is 0.421. The third-order valence-corrected chi connectivity index (χ3v) is 4.52. The number of hydrogen-bond acceptors (Lipinski definition) is 6. The van der Waals surface area contributed by atoms with Crippen LogP contribution >= 0.6 is 0 Å². The van der Waals surface area contributed by atoms with Gasteiger partial charge in [-0.05, 0) is 7.05 Å². The van der Waals surface area contributed by atoms with Crippen LogP contribution < -0.4 is 0 Å². The largest absolute Gasteiger partial charge is 0.390 e. The molecule has 1 rings (SSSR count). The Morgan fingerprint density at radius 2 is 1.94 bits per heavy atom. The number of nitrogens with zero attached hydrogens (tertiary/aromatic N) is 1. The first-order valence-electron chi connectivity index (χ1n) is 5.04. The van der Waals surface area contributed by atoms with Crippen LogP contribution in [0.15, 0.2) is 0 Å². The van der Waals surface area contributed by atoms with E-state index < -0.39 is 22.2 Å². The number of sulfone groups is 1. The summed E-state index contributed by atoms with van der Waals surface area (Å²) in [6.07, 6.45) is -1.25. The molecule has 0 saturated carbocycles. The Morgan fingerprint density at radius 1 is 1.38 bits per heavy atom. The number of likely N-dealkylation sites (N-methyl/N-ethyl adjacent to an activating group) is 1. The summed E-state index contributed by atoms with van der Waals surface area (Å²) in [5.74, 6) is -0.169. The second-order valence-electron chi connectivity index (χ2n) is 4.05. The predicted molar refractivity (Wildman–Crippen MR) is 58.9 cm³/mol. The fraction of sp³-hybridized carbons (Fsp3) is 1.00.